The molecule has 3 aromatic rings. The van der Waals surface area contributed by atoms with Gasteiger partial charge in [-0.15, -0.1) is 0 Å². The molecule has 1 aliphatic rings. The molecule has 132 valence electrons. The second kappa shape index (κ2) is 6.70. The monoisotopic (exact) mass is 413 g/mol. The number of para-hydroxylation sites is 1. The van der Waals surface area contributed by atoms with Gasteiger partial charge >= 0.3 is 0 Å². The predicted molar refractivity (Wildman–Crippen MR) is 101 cm³/mol. The number of halogens is 1. The number of rotatable bonds is 4. The Kier molecular flexibility index (Phi) is 4.38. The molecule has 6 heteroatoms. The van der Waals surface area contributed by atoms with Crippen molar-refractivity contribution in [3.8, 4) is 0 Å². The predicted octanol–water partition coefficient (Wildman–Crippen LogP) is 3.75. The standard InChI is InChI=1S/C20H16BrNO4/c1-25-10-9-22-17(12-5-4-6-13(21)11-12)16-18(23)14-7-2-3-8-15(14)26-19(16)20(22)24/h2-8,11,17H,9-10H2,1H3/t17-/m0/s1. The minimum absolute atomic E-state index is 0.120. The first kappa shape index (κ1) is 17.0. The fraction of sp³-hybridized carbons (Fsp3) is 0.200. The SMILES string of the molecule is COCCN1C(=O)c2oc3ccccc3c(=O)c2[C@@H]1c1cccc(Br)c1. The number of nitrogens with zero attached hydrogens (tertiary/aromatic N) is 1. The Hall–Kier alpha value is -2.44. The summed E-state index contributed by atoms with van der Waals surface area (Å²) in [6, 6.07) is 14.1. The van der Waals surface area contributed by atoms with E-state index in [9.17, 15) is 9.59 Å². The van der Waals surface area contributed by atoms with Gasteiger partial charge in [0, 0.05) is 18.1 Å². The molecule has 1 aromatic heterocycles. The second-order valence-corrected chi connectivity index (χ2v) is 7.03. The molecular weight excluding hydrogens is 398 g/mol. The Morgan fingerprint density at radius 2 is 1.96 bits per heavy atom. The number of carbonyl (C=O) groups is 1. The van der Waals surface area contributed by atoms with Crippen LogP contribution in [0.25, 0.3) is 11.0 Å². The zero-order chi connectivity index (χ0) is 18.3. The fourth-order valence-electron chi connectivity index (χ4n) is 3.41. The Balaban J connectivity index is 1.97. The lowest BCUT2D eigenvalue weighted by Crippen LogP contribution is -2.32. The summed E-state index contributed by atoms with van der Waals surface area (Å²) in [5.74, 6) is -0.167. The summed E-state index contributed by atoms with van der Waals surface area (Å²) in [5, 5.41) is 0.479. The van der Waals surface area contributed by atoms with Gasteiger partial charge in [0.1, 0.15) is 5.58 Å². The van der Waals surface area contributed by atoms with Crippen molar-refractivity contribution in [3.05, 3.63) is 80.1 Å². The van der Waals surface area contributed by atoms with Crippen molar-refractivity contribution >= 4 is 32.8 Å². The van der Waals surface area contributed by atoms with E-state index in [2.05, 4.69) is 15.9 Å². The molecule has 0 N–H and O–H groups in total. The van der Waals surface area contributed by atoms with Crippen LogP contribution in [0.3, 0.4) is 0 Å². The van der Waals surface area contributed by atoms with E-state index < -0.39 is 6.04 Å². The number of hydrogen-bond donors (Lipinski definition) is 0. The largest absolute Gasteiger partial charge is 0.450 e. The third kappa shape index (κ3) is 2.66. The van der Waals surface area contributed by atoms with E-state index in [4.69, 9.17) is 9.15 Å². The van der Waals surface area contributed by atoms with Gasteiger partial charge in [0.2, 0.25) is 5.76 Å². The topological polar surface area (TPSA) is 59.8 Å². The van der Waals surface area contributed by atoms with Gasteiger partial charge in [0.15, 0.2) is 5.43 Å². The van der Waals surface area contributed by atoms with E-state index in [0.29, 0.717) is 29.7 Å². The highest BCUT2D eigenvalue weighted by atomic mass is 79.9. The van der Waals surface area contributed by atoms with Crippen molar-refractivity contribution in [2.24, 2.45) is 0 Å². The zero-order valence-electron chi connectivity index (χ0n) is 14.1. The first-order valence-corrected chi connectivity index (χ1v) is 9.02. The van der Waals surface area contributed by atoms with E-state index in [1.165, 1.54) is 0 Å². The quantitative estimate of drug-likeness (QED) is 0.653. The number of methoxy groups -OCH3 is 1. The van der Waals surface area contributed by atoms with Crippen molar-refractivity contribution in [1.82, 2.24) is 4.90 Å². The highest BCUT2D eigenvalue weighted by Crippen LogP contribution is 2.38. The van der Waals surface area contributed by atoms with Gasteiger partial charge in [-0.3, -0.25) is 9.59 Å². The van der Waals surface area contributed by atoms with Crippen LogP contribution in [-0.4, -0.2) is 31.1 Å². The van der Waals surface area contributed by atoms with Gasteiger partial charge in [-0.05, 0) is 29.8 Å². The Morgan fingerprint density at radius 3 is 2.73 bits per heavy atom. The van der Waals surface area contributed by atoms with E-state index in [1.807, 2.05) is 24.3 Å². The average molecular weight is 414 g/mol. The lowest BCUT2D eigenvalue weighted by atomic mass is 9.98. The summed E-state index contributed by atoms with van der Waals surface area (Å²) in [6.45, 7) is 0.741. The lowest BCUT2D eigenvalue weighted by Gasteiger charge is -2.24. The first-order chi connectivity index (χ1) is 12.6. The van der Waals surface area contributed by atoms with Crippen molar-refractivity contribution in [1.29, 1.82) is 0 Å². The average Bonchev–Trinajstić information content (AvgIpc) is 2.93. The highest BCUT2D eigenvalue weighted by Gasteiger charge is 2.42. The summed E-state index contributed by atoms with van der Waals surface area (Å²) < 4.78 is 11.9. The number of ether oxygens (including phenoxy) is 1. The van der Waals surface area contributed by atoms with Crippen LogP contribution in [0.2, 0.25) is 0 Å². The van der Waals surface area contributed by atoms with Crippen LogP contribution in [-0.2, 0) is 4.74 Å². The molecule has 0 bridgehead atoms. The molecule has 0 radical (unpaired) electrons. The number of carbonyl (C=O) groups excluding carboxylic acids is 1. The molecule has 5 nitrogen and oxygen atoms in total. The molecule has 0 unspecified atom stereocenters. The Bertz CT molecular complexity index is 1060. The van der Waals surface area contributed by atoms with Gasteiger partial charge in [-0.2, -0.15) is 0 Å². The smallest absolute Gasteiger partial charge is 0.290 e. The minimum Gasteiger partial charge on any atom is -0.450 e. The molecule has 0 saturated carbocycles. The van der Waals surface area contributed by atoms with E-state index in [-0.39, 0.29) is 17.1 Å². The van der Waals surface area contributed by atoms with Crippen LogP contribution in [0, 0.1) is 0 Å². The number of hydrogen-bond acceptors (Lipinski definition) is 4. The molecule has 4 rings (SSSR count). The molecule has 1 aliphatic heterocycles. The summed E-state index contributed by atoms with van der Waals surface area (Å²) in [4.78, 5) is 27.8. The molecule has 0 saturated heterocycles. The van der Waals surface area contributed by atoms with Crippen LogP contribution in [0.5, 0.6) is 0 Å². The van der Waals surface area contributed by atoms with Crippen LogP contribution in [0.1, 0.15) is 27.7 Å². The van der Waals surface area contributed by atoms with E-state index in [0.717, 1.165) is 10.0 Å². The third-order valence-electron chi connectivity index (χ3n) is 4.57. The van der Waals surface area contributed by atoms with Gasteiger partial charge in [0.25, 0.3) is 5.91 Å². The maximum Gasteiger partial charge on any atom is 0.290 e. The molecule has 0 aliphatic carbocycles. The van der Waals surface area contributed by atoms with Crippen LogP contribution < -0.4 is 5.43 Å². The summed E-state index contributed by atoms with van der Waals surface area (Å²) in [7, 11) is 1.58. The molecule has 2 heterocycles. The lowest BCUT2D eigenvalue weighted by molar-refractivity contribution is 0.0663. The van der Waals surface area contributed by atoms with E-state index >= 15 is 0 Å². The van der Waals surface area contributed by atoms with Crippen molar-refractivity contribution in [3.63, 3.8) is 0 Å². The van der Waals surface area contributed by atoms with Crippen LogP contribution in [0.4, 0.5) is 0 Å². The van der Waals surface area contributed by atoms with Crippen molar-refractivity contribution in [2.75, 3.05) is 20.3 Å². The number of fused-ring (bicyclic) bond motifs is 2. The fourth-order valence-corrected chi connectivity index (χ4v) is 3.83. The summed E-state index contributed by atoms with van der Waals surface area (Å²) in [6.07, 6.45) is 0. The number of benzene rings is 2. The van der Waals surface area contributed by atoms with Gasteiger partial charge in [-0.25, -0.2) is 0 Å². The zero-order valence-corrected chi connectivity index (χ0v) is 15.7. The van der Waals surface area contributed by atoms with Gasteiger partial charge in [-0.1, -0.05) is 40.2 Å². The Morgan fingerprint density at radius 1 is 1.15 bits per heavy atom. The Labute approximate surface area is 158 Å². The van der Waals surface area contributed by atoms with Crippen LogP contribution >= 0.6 is 15.9 Å². The van der Waals surface area contributed by atoms with Crippen molar-refractivity contribution in [2.45, 2.75) is 6.04 Å². The summed E-state index contributed by atoms with van der Waals surface area (Å²) >= 11 is 3.47. The maximum absolute atomic E-state index is 13.2. The normalized spacial score (nSPS) is 16.3. The minimum atomic E-state index is -0.494. The third-order valence-corrected chi connectivity index (χ3v) is 5.07. The van der Waals surface area contributed by atoms with Gasteiger partial charge in [0.05, 0.1) is 23.6 Å². The molecule has 0 fully saturated rings. The molecule has 1 atom stereocenters. The molecule has 2 aromatic carbocycles. The van der Waals surface area contributed by atoms with Gasteiger partial charge < -0.3 is 14.1 Å². The highest BCUT2D eigenvalue weighted by molar-refractivity contribution is 9.10. The van der Waals surface area contributed by atoms with Crippen molar-refractivity contribution < 1.29 is 13.9 Å². The molecule has 1 amide bonds. The molecular formula is C20H16BrNO4. The van der Waals surface area contributed by atoms with Crippen LogP contribution in [0.15, 0.2) is 62.2 Å². The molecule has 26 heavy (non-hydrogen) atoms. The second-order valence-electron chi connectivity index (χ2n) is 6.12. The number of amides is 1. The maximum atomic E-state index is 13.2. The first-order valence-electron chi connectivity index (χ1n) is 8.23. The summed E-state index contributed by atoms with van der Waals surface area (Å²) in [5.41, 5.74) is 1.50. The van der Waals surface area contributed by atoms with E-state index in [1.54, 1.807) is 36.3 Å². The molecule has 0 spiro atoms.